The molecule has 1 amide bonds. The van der Waals surface area contributed by atoms with Crippen molar-refractivity contribution in [3.05, 3.63) is 101 Å². The number of hydrogen-bond donors (Lipinski definition) is 0. The fourth-order valence-corrected chi connectivity index (χ4v) is 5.29. The van der Waals surface area contributed by atoms with Crippen LogP contribution in [0.1, 0.15) is 40.0 Å². The summed E-state index contributed by atoms with van der Waals surface area (Å²) in [6, 6.07) is 24.6. The number of rotatable bonds is 9. The lowest BCUT2D eigenvalue weighted by Gasteiger charge is -2.38. The number of ether oxygens (including phenoxy) is 4. The van der Waals surface area contributed by atoms with Crippen LogP contribution in [0.25, 0.3) is 10.8 Å². The molecule has 5 rings (SSSR count). The van der Waals surface area contributed by atoms with E-state index >= 15 is 0 Å². The van der Waals surface area contributed by atoms with E-state index in [9.17, 15) is 9.59 Å². The first-order valence-electron chi connectivity index (χ1n) is 13.4. The van der Waals surface area contributed by atoms with Gasteiger partial charge in [0.1, 0.15) is 12.4 Å². The minimum absolute atomic E-state index is 0.0306. The summed E-state index contributed by atoms with van der Waals surface area (Å²) in [5.41, 5.74) is 3.52. The Balaban J connectivity index is 1.43. The Hall–Kier alpha value is -4.52. The van der Waals surface area contributed by atoms with Crippen molar-refractivity contribution in [2.24, 2.45) is 0 Å². The molecule has 1 heterocycles. The van der Waals surface area contributed by atoms with Crippen molar-refractivity contribution in [2.45, 2.75) is 25.8 Å². The summed E-state index contributed by atoms with van der Waals surface area (Å²) in [6.45, 7) is 2.88. The zero-order valence-corrected chi connectivity index (χ0v) is 23.0. The Morgan fingerprint density at radius 3 is 2.38 bits per heavy atom. The second-order valence-corrected chi connectivity index (χ2v) is 9.63. The van der Waals surface area contributed by atoms with Gasteiger partial charge in [0.25, 0.3) is 0 Å². The van der Waals surface area contributed by atoms with Crippen molar-refractivity contribution < 1.29 is 28.5 Å². The molecule has 0 aromatic heterocycles. The number of esters is 1. The van der Waals surface area contributed by atoms with E-state index in [1.807, 2.05) is 41.3 Å². The van der Waals surface area contributed by atoms with Crippen LogP contribution in [0.2, 0.25) is 0 Å². The summed E-state index contributed by atoms with van der Waals surface area (Å²) in [5.74, 6) is 1.52. The molecule has 0 N–H and O–H groups in total. The van der Waals surface area contributed by atoms with E-state index in [1.165, 1.54) is 0 Å². The van der Waals surface area contributed by atoms with Crippen LogP contribution in [0.15, 0.2) is 78.9 Å². The van der Waals surface area contributed by atoms with Crippen molar-refractivity contribution in [1.29, 1.82) is 0 Å². The van der Waals surface area contributed by atoms with Gasteiger partial charge in [0.05, 0.1) is 38.9 Å². The predicted octanol–water partition coefficient (Wildman–Crippen LogP) is 5.78. The van der Waals surface area contributed by atoms with Gasteiger partial charge in [-0.05, 0) is 77.2 Å². The molecule has 0 spiro atoms. The van der Waals surface area contributed by atoms with Gasteiger partial charge in [0.15, 0.2) is 11.5 Å². The molecule has 206 valence electrons. The van der Waals surface area contributed by atoms with Crippen LogP contribution in [-0.2, 0) is 22.4 Å². The summed E-state index contributed by atoms with van der Waals surface area (Å²) < 4.78 is 22.4. The number of hydrogen-bond acceptors (Lipinski definition) is 6. The molecule has 0 aliphatic carbocycles. The zero-order chi connectivity index (χ0) is 28.1. The molecule has 4 aromatic rings. The fourth-order valence-electron chi connectivity index (χ4n) is 5.29. The molecule has 1 unspecified atom stereocenters. The summed E-state index contributed by atoms with van der Waals surface area (Å²) in [4.78, 5) is 27.8. The molecule has 4 aromatic carbocycles. The Morgan fingerprint density at radius 2 is 1.62 bits per heavy atom. The summed E-state index contributed by atoms with van der Waals surface area (Å²) in [7, 11) is 3.22. The minimum atomic E-state index is -0.374. The van der Waals surface area contributed by atoms with Crippen molar-refractivity contribution >= 4 is 22.6 Å². The van der Waals surface area contributed by atoms with Crippen LogP contribution >= 0.6 is 0 Å². The molecule has 1 aliphatic rings. The van der Waals surface area contributed by atoms with Gasteiger partial charge in [0.2, 0.25) is 5.91 Å². The van der Waals surface area contributed by atoms with Crippen molar-refractivity contribution in [2.75, 3.05) is 34.0 Å². The standard InChI is InChI=1S/C33H33NO6/c1-4-39-33(36)23-12-14-26(15-13-23)40-21-29-28-20-31(38-3)30(37-2)18-25(28)16-17-34(29)32(35)19-24-10-7-9-22-8-5-6-11-27(22)24/h5-15,18,20,29H,4,16-17,19,21H2,1-3H3. The fraction of sp³-hybridized carbons (Fsp3) is 0.273. The van der Waals surface area contributed by atoms with E-state index in [2.05, 4.69) is 18.2 Å². The second-order valence-electron chi connectivity index (χ2n) is 9.63. The molecular weight excluding hydrogens is 506 g/mol. The normalized spacial score (nSPS) is 14.4. The maximum atomic E-state index is 13.9. The average molecular weight is 540 g/mol. The van der Waals surface area contributed by atoms with Crippen LogP contribution < -0.4 is 14.2 Å². The molecule has 0 radical (unpaired) electrons. The first-order valence-corrected chi connectivity index (χ1v) is 13.4. The largest absolute Gasteiger partial charge is 0.493 e. The maximum absolute atomic E-state index is 13.9. The second kappa shape index (κ2) is 12.1. The SMILES string of the molecule is CCOC(=O)c1ccc(OCC2c3cc(OC)c(OC)cc3CCN2C(=O)Cc2cccc3ccccc23)cc1. The van der Waals surface area contributed by atoms with Crippen molar-refractivity contribution in [3.8, 4) is 17.2 Å². The Morgan fingerprint density at radius 1 is 0.900 bits per heavy atom. The smallest absolute Gasteiger partial charge is 0.338 e. The molecule has 0 fully saturated rings. The number of benzene rings is 4. The first kappa shape index (κ1) is 27.1. The molecule has 7 heteroatoms. The maximum Gasteiger partial charge on any atom is 0.338 e. The molecule has 0 bridgehead atoms. The highest BCUT2D eigenvalue weighted by Crippen LogP contribution is 2.39. The summed E-state index contributed by atoms with van der Waals surface area (Å²) in [5, 5.41) is 2.19. The monoisotopic (exact) mass is 539 g/mol. The molecule has 40 heavy (non-hydrogen) atoms. The topological polar surface area (TPSA) is 74.3 Å². The van der Waals surface area contributed by atoms with Gasteiger partial charge in [-0.1, -0.05) is 42.5 Å². The average Bonchev–Trinajstić information content (AvgIpc) is 2.99. The van der Waals surface area contributed by atoms with Crippen molar-refractivity contribution in [1.82, 2.24) is 4.90 Å². The van der Waals surface area contributed by atoms with E-state index in [4.69, 9.17) is 18.9 Å². The van der Waals surface area contributed by atoms with Crippen LogP contribution in [0.4, 0.5) is 0 Å². The van der Waals surface area contributed by atoms with Gasteiger partial charge in [-0.25, -0.2) is 4.79 Å². The van der Waals surface area contributed by atoms with Crippen LogP contribution in [0.5, 0.6) is 17.2 Å². The number of carbonyl (C=O) groups is 2. The highest BCUT2D eigenvalue weighted by atomic mass is 16.5. The number of fused-ring (bicyclic) bond motifs is 2. The molecule has 1 atom stereocenters. The van der Waals surface area contributed by atoms with Gasteiger partial charge >= 0.3 is 5.97 Å². The quantitative estimate of drug-likeness (QED) is 0.251. The molecule has 7 nitrogen and oxygen atoms in total. The lowest BCUT2D eigenvalue weighted by molar-refractivity contribution is -0.134. The van der Waals surface area contributed by atoms with Gasteiger partial charge in [0, 0.05) is 6.54 Å². The third-order valence-corrected chi connectivity index (χ3v) is 7.32. The van der Waals surface area contributed by atoms with Crippen LogP contribution in [-0.4, -0.2) is 50.8 Å². The molecule has 1 aliphatic heterocycles. The highest BCUT2D eigenvalue weighted by Gasteiger charge is 2.33. The zero-order valence-electron chi connectivity index (χ0n) is 23.0. The number of carbonyl (C=O) groups excluding carboxylic acids is 2. The van der Waals surface area contributed by atoms with Crippen LogP contribution in [0, 0.1) is 0 Å². The lowest BCUT2D eigenvalue weighted by Crippen LogP contribution is -2.43. The summed E-state index contributed by atoms with van der Waals surface area (Å²) >= 11 is 0. The van der Waals surface area contributed by atoms with Gasteiger partial charge in [-0.2, -0.15) is 0 Å². The minimum Gasteiger partial charge on any atom is -0.493 e. The lowest BCUT2D eigenvalue weighted by atomic mass is 9.91. The van der Waals surface area contributed by atoms with Gasteiger partial charge < -0.3 is 23.8 Å². The van der Waals surface area contributed by atoms with Crippen LogP contribution in [0.3, 0.4) is 0 Å². The molecular formula is C33H33NO6. The van der Waals surface area contributed by atoms with Gasteiger partial charge in [-0.3, -0.25) is 4.79 Å². The highest BCUT2D eigenvalue weighted by molar-refractivity contribution is 5.91. The third-order valence-electron chi connectivity index (χ3n) is 7.32. The summed E-state index contributed by atoms with van der Waals surface area (Å²) in [6.07, 6.45) is 0.983. The molecule has 0 saturated carbocycles. The van der Waals surface area contributed by atoms with E-state index in [-0.39, 0.29) is 30.9 Å². The first-order chi connectivity index (χ1) is 19.5. The van der Waals surface area contributed by atoms with E-state index < -0.39 is 0 Å². The van der Waals surface area contributed by atoms with Gasteiger partial charge in [-0.15, -0.1) is 0 Å². The number of amides is 1. The predicted molar refractivity (Wildman–Crippen MR) is 153 cm³/mol. The number of methoxy groups -OCH3 is 2. The Bertz CT molecular complexity index is 1510. The van der Waals surface area contributed by atoms with E-state index in [1.54, 1.807) is 45.4 Å². The molecule has 0 saturated heterocycles. The number of nitrogens with zero attached hydrogens (tertiary/aromatic N) is 1. The Labute approximate surface area is 234 Å². The van der Waals surface area contributed by atoms with E-state index in [0.29, 0.717) is 42.4 Å². The van der Waals surface area contributed by atoms with E-state index in [0.717, 1.165) is 27.5 Å². The third kappa shape index (κ3) is 5.59. The van der Waals surface area contributed by atoms with Crippen molar-refractivity contribution in [3.63, 3.8) is 0 Å². The Kier molecular flexibility index (Phi) is 8.20.